The van der Waals surface area contributed by atoms with Gasteiger partial charge in [-0.2, -0.15) is 0 Å². The van der Waals surface area contributed by atoms with Gasteiger partial charge in [0.25, 0.3) is 5.91 Å². The number of likely N-dealkylation sites (tertiary alicyclic amines) is 2. The second kappa shape index (κ2) is 8.40. The fourth-order valence-electron chi connectivity index (χ4n) is 4.54. The molecule has 3 fully saturated rings. The molecule has 142 valence electrons. The number of rotatable bonds is 5. The lowest BCUT2D eigenvalue weighted by molar-refractivity contribution is 0.0708. The highest BCUT2D eigenvalue weighted by atomic mass is 16.5. The van der Waals surface area contributed by atoms with Gasteiger partial charge in [-0.3, -0.25) is 4.79 Å². The maximum absolute atomic E-state index is 13.1. The summed E-state index contributed by atoms with van der Waals surface area (Å²) in [4.78, 5) is 17.8. The van der Waals surface area contributed by atoms with Crippen molar-refractivity contribution in [2.24, 2.45) is 0 Å². The van der Waals surface area contributed by atoms with Crippen molar-refractivity contribution in [3.8, 4) is 0 Å². The topological polar surface area (TPSA) is 44.8 Å². The Kier molecular flexibility index (Phi) is 5.75. The van der Waals surface area contributed by atoms with E-state index >= 15 is 0 Å². The van der Waals surface area contributed by atoms with E-state index in [9.17, 15) is 4.79 Å². The zero-order valence-corrected chi connectivity index (χ0v) is 15.7. The molecule has 0 aromatic heterocycles. The molecule has 1 amide bonds. The molecule has 0 aliphatic carbocycles. The van der Waals surface area contributed by atoms with Crippen molar-refractivity contribution in [1.29, 1.82) is 0 Å². The van der Waals surface area contributed by atoms with Crippen molar-refractivity contribution in [2.45, 2.75) is 50.6 Å². The van der Waals surface area contributed by atoms with Gasteiger partial charge < -0.3 is 19.9 Å². The van der Waals surface area contributed by atoms with Crippen molar-refractivity contribution in [3.05, 3.63) is 29.8 Å². The molecule has 0 unspecified atom stereocenters. The summed E-state index contributed by atoms with van der Waals surface area (Å²) in [6, 6.07) is 8.89. The first-order valence-electron chi connectivity index (χ1n) is 10.3. The summed E-state index contributed by atoms with van der Waals surface area (Å²) in [5.41, 5.74) is 1.87. The second-order valence-corrected chi connectivity index (χ2v) is 7.91. The van der Waals surface area contributed by atoms with E-state index in [4.69, 9.17) is 4.74 Å². The minimum absolute atomic E-state index is 0.197. The third-order valence-corrected chi connectivity index (χ3v) is 6.01. The van der Waals surface area contributed by atoms with Gasteiger partial charge in [-0.1, -0.05) is 6.07 Å². The first-order chi connectivity index (χ1) is 12.8. The van der Waals surface area contributed by atoms with Crippen LogP contribution in [0.15, 0.2) is 24.3 Å². The number of carbonyl (C=O) groups is 1. The van der Waals surface area contributed by atoms with Crippen LogP contribution >= 0.6 is 0 Å². The van der Waals surface area contributed by atoms with E-state index in [0.29, 0.717) is 12.1 Å². The molecule has 1 N–H and O–H groups in total. The molecule has 5 nitrogen and oxygen atoms in total. The Hall–Kier alpha value is -1.59. The average Bonchev–Trinajstić information content (AvgIpc) is 3.35. The van der Waals surface area contributed by atoms with Crippen LogP contribution in [0.2, 0.25) is 0 Å². The first kappa shape index (κ1) is 17.8. The smallest absolute Gasteiger partial charge is 0.254 e. The maximum Gasteiger partial charge on any atom is 0.254 e. The van der Waals surface area contributed by atoms with Crippen LogP contribution < -0.4 is 5.32 Å². The standard InChI is InChI=1S/C21H31N3O2/c25-21(24-12-4-7-20(24)16-23-10-1-2-11-23)17-5-3-6-19(15-17)22-18-8-13-26-14-9-18/h3,5-6,15,18,20,22H,1-2,4,7-14,16H2/t20-/m0/s1. The number of hydrogen-bond donors (Lipinski definition) is 1. The predicted molar refractivity (Wildman–Crippen MR) is 104 cm³/mol. The van der Waals surface area contributed by atoms with Gasteiger partial charge in [-0.05, 0) is 69.8 Å². The Morgan fingerprint density at radius 3 is 2.69 bits per heavy atom. The molecule has 5 heteroatoms. The second-order valence-electron chi connectivity index (χ2n) is 7.91. The van der Waals surface area contributed by atoms with Crippen molar-refractivity contribution in [1.82, 2.24) is 9.80 Å². The molecule has 0 saturated carbocycles. The van der Waals surface area contributed by atoms with Gasteiger partial charge in [0.05, 0.1) is 0 Å². The van der Waals surface area contributed by atoms with Crippen LogP contribution in [0.3, 0.4) is 0 Å². The largest absolute Gasteiger partial charge is 0.382 e. The lowest BCUT2D eigenvalue weighted by Gasteiger charge is -2.29. The van der Waals surface area contributed by atoms with Crippen LogP contribution in [-0.2, 0) is 4.74 Å². The summed E-state index contributed by atoms with van der Waals surface area (Å²) in [7, 11) is 0. The SMILES string of the molecule is O=C(c1cccc(NC2CCOCC2)c1)N1CCC[C@H]1CN1CCCC1. The molecule has 3 aliphatic rings. The maximum atomic E-state index is 13.1. The van der Waals surface area contributed by atoms with Gasteiger partial charge in [0.1, 0.15) is 0 Å². The summed E-state index contributed by atoms with van der Waals surface area (Å²) in [5.74, 6) is 0.197. The molecule has 1 aromatic carbocycles. The summed E-state index contributed by atoms with van der Waals surface area (Å²) in [6.45, 7) is 5.98. The molecule has 1 aromatic rings. The van der Waals surface area contributed by atoms with E-state index in [1.807, 2.05) is 18.2 Å². The van der Waals surface area contributed by atoms with Gasteiger partial charge in [0, 0.05) is 49.6 Å². The van der Waals surface area contributed by atoms with Crippen LogP contribution in [0.4, 0.5) is 5.69 Å². The fraction of sp³-hybridized carbons (Fsp3) is 0.667. The minimum atomic E-state index is 0.197. The van der Waals surface area contributed by atoms with Crippen LogP contribution in [0.1, 0.15) is 48.9 Å². The molecule has 0 bridgehead atoms. The number of anilines is 1. The molecular weight excluding hydrogens is 326 g/mol. The fourth-order valence-corrected chi connectivity index (χ4v) is 4.54. The summed E-state index contributed by atoms with van der Waals surface area (Å²) in [6.07, 6.45) is 6.94. The lowest BCUT2D eigenvalue weighted by atomic mass is 10.1. The summed E-state index contributed by atoms with van der Waals surface area (Å²) in [5, 5.41) is 3.58. The highest BCUT2D eigenvalue weighted by Gasteiger charge is 2.31. The molecule has 4 rings (SSSR count). The molecule has 26 heavy (non-hydrogen) atoms. The van der Waals surface area contributed by atoms with E-state index in [0.717, 1.165) is 63.2 Å². The molecule has 1 atom stereocenters. The minimum Gasteiger partial charge on any atom is -0.382 e. The highest BCUT2D eigenvalue weighted by Crippen LogP contribution is 2.24. The van der Waals surface area contributed by atoms with Crippen LogP contribution in [0.25, 0.3) is 0 Å². The van der Waals surface area contributed by atoms with E-state index in [1.165, 1.54) is 25.9 Å². The normalized spacial score (nSPS) is 24.9. The van der Waals surface area contributed by atoms with Crippen LogP contribution in [-0.4, -0.2) is 67.2 Å². The van der Waals surface area contributed by atoms with E-state index in [2.05, 4.69) is 21.2 Å². The number of amides is 1. The third-order valence-electron chi connectivity index (χ3n) is 6.01. The highest BCUT2D eigenvalue weighted by molar-refractivity contribution is 5.95. The summed E-state index contributed by atoms with van der Waals surface area (Å²) < 4.78 is 5.43. The number of carbonyl (C=O) groups excluding carboxylic acids is 1. The predicted octanol–water partition coefficient (Wildman–Crippen LogP) is 2.98. The Balaban J connectivity index is 1.40. The number of ether oxygens (including phenoxy) is 1. The molecule has 3 saturated heterocycles. The van der Waals surface area contributed by atoms with Crippen LogP contribution in [0.5, 0.6) is 0 Å². The molecule has 0 spiro atoms. The Bertz CT molecular complexity index is 609. The molecule has 0 radical (unpaired) electrons. The quantitative estimate of drug-likeness (QED) is 0.880. The number of nitrogens with zero attached hydrogens (tertiary/aromatic N) is 2. The van der Waals surface area contributed by atoms with E-state index in [-0.39, 0.29) is 5.91 Å². The first-order valence-corrected chi connectivity index (χ1v) is 10.3. The molecule has 3 heterocycles. The summed E-state index contributed by atoms with van der Waals surface area (Å²) >= 11 is 0. The Morgan fingerprint density at radius 1 is 1.08 bits per heavy atom. The lowest BCUT2D eigenvalue weighted by Crippen LogP contribution is -2.42. The average molecular weight is 357 g/mol. The van der Waals surface area contributed by atoms with Gasteiger partial charge >= 0.3 is 0 Å². The molecular formula is C21H31N3O2. The van der Waals surface area contributed by atoms with Crippen molar-refractivity contribution >= 4 is 11.6 Å². The van der Waals surface area contributed by atoms with Gasteiger partial charge in [0.2, 0.25) is 0 Å². The van der Waals surface area contributed by atoms with Gasteiger partial charge in [0.15, 0.2) is 0 Å². The monoisotopic (exact) mass is 357 g/mol. The molecule has 3 aliphatic heterocycles. The van der Waals surface area contributed by atoms with Crippen molar-refractivity contribution in [3.63, 3.8) is 0 Å². The van der Waals surface area contributed by atoms with Crippen LogP contribution in [0, 0.1) is 0 Å². The van der Waals surface area contributed by atoms with Crippen molar-refractivity contribution in [2.75, 3.05) is 44.7 Å². The van der Waals surface area contributed by atoms with E-state index < -0.39 is 0 Å². The number of nitrogens with one attached hydrogen (secondary N) is 1. The van der Waals surface area contributed by atoms with Crippen molar-refractivity contribution < 1.29 is 9.53 Å². The zero-order valence-electron chi connectivity index (χ0n) is 15.7. The third kappa shape index (κ3) is 4.21. The number of benzene rings is 1. The zero-order chi connectivity index (χ0) is 17.8. The van der Waals surface area contributed by atoms with E-state index in [1.54, 1.807) is 0 Å². The van der Waals surface area contributed by atoms with Gasteiger partial charge in [-0.15, -0.1) is 0 Å². The number of hydrogen-bond acceptors (Lipinski definition) is 4. The Labute approximate surface area is 156 Å². The van der Waals surface area contributed by atoms with Gasteiger partial charge in [-0.25, -0.2) is 0 Å². The Morgan fingerprint density at radius 2 is 1.88 bits per heavy atom.